The molecular formula is C13H19BrFNO. The lowest BCUT2D eigenvalue weighted by Crippen LogP contribution is -2.15. The van der Waals surface area contributed by atoms with E-state index in [0.717, 1.165) is 35.3 Å². The van der Waals surface area contributed by atoms with Crippen molar-refractivity contribution in [2.45, 2.75) is 26.3 Å². The summed E-state index contributed by atoms with van der Waals surface area (Å²) in [5.74, 6) is 0.824. The minimum Gasteiger partial charge on any atom is -0.492 e. The smallest absolute Gasteiger partial charge is 0.137 e. The van der Waals surface area contributed by atoms with E-state index in [1.165, 1.54) is 0 Å². The van der Waals surface area contributed by atoms with E-state index < -0.39 is 0 Å². The Morgan fingerprint density at radius 1 is 1.41 bits per heavy atom. The fourth-order valence-corrected chi connectivity index (χ4v) is 2.00. The summed E-state index contributed by atoms with van der Waals surface area (Å²) in [4.78, 5) is 0. The zero-order valence-corrected chi connectivity index (χ0v) is 11.7. The van der Waals surface area contributed by atoms with E-state index in [-0.39, 0.29) is 6.67 Å². The van der Waals surface area contributed by atoms with Crippen molar-refractivity contribution in [2.24, 2.45) is 0 Å². The van der Waals surface area contributed by atoms with E-state index in [2.05, 4.69) is 28.2 Å². The summed E-state index contributed by atoms with van der Waals surface area (Å²) in [6.45, 7) is 3.97. The van der Waals surface area contributed by atoms with Crippen LogP contribution in [-0.2, 0) is 6.54 Å². The molecule has 0 spiro atoms. The van der Waals surface area contributed by atoms with Gasteiger partial charge in [-0.3, -0.25) is 4.39 Å². The van der Waals surface area contributed by atoms with Crippen LogP contribution in [0.25, 0.3) is 0 Å². The van der Waals surface area contributed by atoms with Gasteiger partial charge in [-0.15, -0.1) is 0 Å². The molecule has 1 N–H and O–H groups in total. The van der Waals surface area contributed by atoms with Crippen molar-refractivity contribution in [1.29, 1.82) is 0 Å². The van der Waals surface area contributed by atoms with Gasteiger partial charge in [-0.1, -0.05) is 19.1 Å². The Morgan fingerprint density at radius 2 is 2.24 bits per heavy atom. The fraction of sp³-hybridized carbons (Fsp3) is 0.538. The molecule has 0 atom stereocenters. The van der Waals surface area contributed by atoms with E-state index in [4.69, 9.17) is 4.74 Å². The molecule has 96 valence electrons. The number of rotatable bonds is 8. The van der Waals surface area contributed by atoms with E-state index in [9.17, 15) is 4.39 Å². The molecule has 1 aromatic rings. The number of nitrogens with one attached hydrogen (secondary N) is 1. The van der Waals surface area contributed by atoms with Crippen LogP contribution in [0.1, 0.15) is 25.3 Å². The van der Waals surface area contributed by atoms with Gasteiger partial charge in [-0.2, -0.15) is 0 Å². The molecule has 2 nitrogen and oxygen atoms in total. The normalized spacial score (nSPS) is 10.5. The quantitative estimate of drug-likeness (QED) is 0.740. The zero-order chi connectivity index (χ0) is 12.5. The lowest BCUT2D eigenvalue weighted by molar-refractivity contribution is 0.285. The first-order valence-electron chi connectivity index (χ1n) is 5.96. The van der Waals surface area contributed by atoms with E-state index in [0.29, 0.717) is 13.0 Å². The molecule has 0 aromatic heterocycles. The predicted octanol–water partition coefficient (Wildman–Crippen LogP) is 3.69. The van der Waals surface area contributed by atoms with Gasteiger partial charge in [0.05, 0.1) is 17.8 Å². The zero-order valence-electron chi connectivity index (χ0n) is 10.1. The first kappa shape index (κ1) is 14.5. The average Bonchev–Trinajstić information content (AvgIpc) is 2.33. The maximum Gasteiger partial charge on any atom is 0.137 e. The first-order valence-corrected chi connectivity index (χ1v) is 6.75. The van der Waals surface area contributed by atoms with Gasteiger partial charge in [-0.25, -0.2) is 0 Å². The monoisotopic (exact) mass is 303 g/mol. The standard InChI is InChI=1S/C13H19BrFNO/c1-2-8-16-10-11-5-3-6-12(14)13(11)17-9-4-7-15/h3,5-6,16H,2,4,7-10H2,1H3. The van der Waals surface area contributed by atoms with Crippen LogP contribution in [0.3, 0.4) is 0 Å². The van der Waals surface area contributed by atoms with Crippen LogP contribution in [0.2, 0.25) is 0 Å². The SMILES string of the molecule is CCCNCc1cccc(Br)c1OCCCF. The second kappa shape index (κ2) is 8.48. The minimum absolute atomic E-state index is 0.339. The molecule has 0 unspecified atom stereocenters. The molecule has 0 radical (unpaired) electrons. The van der Waals surface area contributed by atoms with Gasteiger partial charge in [0.25, 0.3) is 0 Å². The van der Waals surface area contributed by atoms with Crippen molar-refractivity contribution >= 4 is 15.9 Å². The molecule has 0 heterocycles. The number of hydrogen-bond acceptors (Lipinski definition) is 2. The molecule has 0 aliphatic heterocycles. The predicted molar refractivity (Wildman–Crippen MR) is 72.2 cm³/mol. The maximum absolute atomic E-state index is 12.0. The van der Waals surface area contributed by atoms with Gasteiger partial charge >= 0.3 is 0 Å². The van der Waals surface area contributed by atoms with Crippen molar-refractivity contribution < 1.29 is 9.13 Å². The van der Waals surface area contributed by atoms with Crippen molar-refractivity contribution in [3.63, 3.8) is 0 Å². The van der Waals surface area contributed by atoms with Gasteiger partial charge in [-0.05, 0) is 35.0 Å². The van der Waals surface area contributed by atoms with Gasteiger partial charge in [0, 0.05) is 18.5 Å². The molecule has 0 saturated heterocycles. The highest BCUT2D eigenvalue weighted by atomic mass is 79.9. The largest absolute Gasteiger partial charge is 0.492 e. The highest BCUT2D eigenvalue weighted by Crippen LogP contribution is 2.29. The molecule has 1 aromatic carbocycles. The Balaban J connectivity index is 2.63. The number of halogens is 2. The van der Waals surface area contributed by atoms with E-state index >= 15 is 0 Å². The summed E-state index contributed by atoms with van der Waals surface area (Å²) in [6.07, 6.45) is 1.54. The third-order valence-electron chi connectivity index (χ3n) is 2.32. The third kappa shape index (κ3) is 5.04. The fourth-order valence-electron chi connectivity index (χ4n) is 1.48. The molecule has 0 bridgehead atoms. The number of alkyl halides is 1. The molecule has 0 aliphatic rings. The van der Waals surface area contributed by atoms with E-state index in [1.807, 2.05) is 18.2 Å². The maximum atomic E-state index is 12.0. The van der Waals surface area contributed by atoms with Crippen molar-refractivity contribution in [3.8, 4) is 5.75 Å². The lowest BCUT2D eigenvalue weighted by atomic mass is 10.2. The summed E-state index contributed by atoms with van der Waals surface area (Å²) in [5, 5.41) is 3.33. The van der Waals surface area contributed by atoms with Crippen LogP contribution >= 0.6 is 15.9 Å². The average molecular weight is 304 g/mol. The highest BCUT2D eigenvalue weighted by molar-refractivity contribution is 9.10. The third-order valence-corrected chi connectivity index (χ3v) is 2.94. The number of para-hydroxylation sites is 1. The molecule has 1 rings (SSSR count). The number of ether oxygens (including phenoxy) is 1. The van der Waals surface area contributed by atoms with Crippen molar-refractivity contribution in [3.05, 3.63) is 28.2 Å². The Kier molecular flexibility index (Phi) is 7.21. The second-order valence-electron chi connectivity index (χ2n) is 3.80. The van der Waals surface area contributed by atoms with Crippen LogP contribution < -0.4 is 10.1 Å². The molecule has 0 saturated carbocycles. The Hall–Kier alpha value is -0.610. The van der Waals surface area contributed by atoms with Crippen LogP contribution in [-0.4, -0.2) is 19.8 Å². The molecule has 4 heteroatoms. The molecule has 0 fully saturated rings. The van der Waals surface area contributed by atoms with Gasteiger partial charge in [0.1, 0.15) is 5.75 Å². The Labute approximate surface area is 111 Å². The second-order valence-corrected chi connectivity index (χ2v) is 4.65. The van der Waals surface area contributed by atoms with Crippen LogP contribution in [0, 0.1) is 0 Å². The van der Waals surface area contributed by atoms with Crippen molar-refractivity contribution in [2.75, 3.05) is 19.8 Å². The summed E-state index contributed by atoms with van der Waals surface area (Å²) >= 11 is 3.46. The summed E-state index contributed by atoms with van der Waals surface area (Å²) in [7, 11) is 0. The molecule has 17 heavy (non-hydrogen) atoms. The number of benzene rings is 1. The Morgan fingerprint density at radius 3 is 2.94 bits per heavy atom. The van der Waals surface area contributed by atoms with Crippen molar-refractivity contribution in [1.82, 2.24) is 5.32 Å². The summed E-state index contributed by atoms with van der Waals surface area (Å²) in [5.41, 5.74) is 1.10. The molecule has 0 amide bonds. The minimum atomic E-state index is -0.339. The van der Waals surface area contributed by atoms with Crippen LogP contribution in [0.15, 0.2) is 22.7 Å². The number of hydrogen-bond donors (Lipinski definition) is 1. The Bertz CT molecular complexity index is 333. The van der Waals surface area contributed by atoms with E-state index in [1.54, 1.807) is 0 Å². The lowest BCUT2D eigenvalue weighted by Gasteiger charge is -2.13. The summed E-state index contributed by atoms with van der Waals surface area (Å²) in [6, 6.07) is 5.95. The topological polar surface area (TPSA) is 21.3 Å². The molecule has 0 aliphatic carbocycles. The van der Waals surface area contributed by atoms with Gasteiger partial charge in [0.15, 0.2) is 0 Å². The molecular weight excluding hydrogens is 285 g/mol. The van der Waals surface area contributed by atoms with Crippen LogP contribution in [0.5, 0.6) is 5.75 Å². The van der Waals surface area contributed by atoms with Gasteiger partial charge < -0.3 is 10.1 Å². The van der Waals surface area contributed by atoms with Gasteiger partial charge in [0.2, 0.25) is 0 Å². The highest BCUT2D eigenvalue weighted by Gasteiger charge is 2.07. The first-order chi connectivity index (χ1) is 8.29. The van der Waals surface area contributed by atoms with Crippen LogP contribution in [0.4, 0.5) is 4.39 Å². The summed E-state index contributed by atoms with van der Waals surface area (Å²) < 4.78 is 18.6.